The summed E-state index contributed by atoms with van der Waals surface area (Å²) in [6.45, 7) is 6.15. The third-order valence-electron chi connectivity index (χ3n) is 2.96. The molecule has 0 saturated carbocycles. The zero-order valence-corrected chi connectivity index (χ0v) is 13.6. The van der Waals surface area contributed by atoms with Crippen molar-refractivity contribution in [3.8, 4) is 0 Å². The molecular formula is C16H23N3O4. The highest BCUT2D eigenvalue weighted by molar-refractivity contribution is 5.98. The van der Waals surface area contributed by atoms with Crippen LogP contribution in [0.1, 0.15) is 37.6 Å². The molecule has 0 fully saturated rings. The first-order valence-corrected chi connectivity index (χ1v) is 7.60. The Labute approximate surface area is 135 Å². The molecule has 0 unspecified atom stereocenters. The van der Waals surface area contributed by atoms with Gasteiger partial charge in [0, 0.05) is 17.8 Å². The van der Waals surface area contributed by atoms with E-state index in [9.17, 15) is 14.4 Å². The SMILES string of the molecule is CCCNC(=O)[C@H](C)NC(=O)c1ccc(NC(=O)OCC)cc1. The molecule has 0 aliphatic rings. The number of ether oxygens (including phenoxy) is 1. The van der Waals surface area contributed by atoms with Crippen LogP contribution in [0.3, 0.4) is 0 Å². The van der Waals surface area contributed by atoms with Gasteiger partial charge in [-0.3, -0.25) is 14.9 Å². The number of carbonyl (C=O) groups is 3. The number of amides is 3. The quantitative estimate of drug-likeness (QED) is 0.714. The minimum Gasteiger partial charge on any atom is -0.450 e. The minimum atomic E-state index is -0.619. The fourth-order valence-electron chi connectivity index (χ4n) is 1.74. The summed E-state index contributed by atoms with van der Waals surface area (Å²) >= 11 is 0. The first-order chi connectivity index (χ1) is 11.0. The predicted molar refractivity (Wildman–Crippen MR) is 87.3 cm³/mol. The van der Waals surface area contributed by atoms with Crippen molar-refractivity contribution in [2.75, 3.05) is 18.5 Å². The van der Waals surface area contributed by atoms with Gasteiger partial charge in [-0.15, -0.1) is 0 Å². The molecule has 23 heavy (non-hydrogen) atoms. The van der Waals surface area contributed by atoms with Crippen LogP contribution in [0.5, 0.6) is 0 Å². The Bertz CT molecular complexity index is 543. The lowest BCUT2D eigenvalue weighted by Gasteiger charge is -2.14. The summed E-state index contributed by atoms with van der Waals surface area (Å²) in [5, 5.41) is 7.87. The molecule has 1 aromatic rings. The van der Waals surface area contributed by atoms with Gasteiger partial charge in [-0.1, -0.05) is 6.92 Å². The summed E-state index contributed by atoms with van der Waals surface area (Å²) in [6, 6.07) is 5.69. The molecule has 0 aromatic heterocycles. The highest BCUT2D eigenvalue weighted by Gasteiger charge is 2.16. The van der Waals surface area contributed by atoms with Gasteiger partial charge in [0.25, 0.3) is 5.91 Å². The minimum absolute atomic E-state index is 0.221. The van der Waals surface area contributed by atoms with Gasteiger partial charge in [0.15, 0.2) is 0 Å². The van der Waals surface area contributed by atoms with Crippen LogP contribution in [0.15, 0.2) is 24.3 Å². The Morgan fingerprint density at radius 1 is 1.13 bits per heavy atom. The Morgan fingerprint density at radius 2 is 1.78 bits per heavy atom. The van der Waals surface area contributed by atoms with Crippen LogP contribution in [-0.2, 0) is 9.53 Å². The number of hydrogen-bond acceptors (Lipinski definition) is 4. The summed E-state index contributed by atoms with van der Waals surface area (Å²) in [5.41, 5.74) is 0.920. The van der Waals surface area contributed by atoms with Crippen molar-refractivity contribution in [3.05, 3.63) is 29.8 Å². The van der Waals surface area contributed by atoms with E-state index in [2.05, 4.69) is 16.0 Å². The van der Waals surface area contributed by atoms with Crippen molar-refractivity contribution < 1.29 is 19.1 Å². The van der Waals surface area contributed by atoms with Gasteiger partial charge in [0.2, 0.25) is 5.91 Å². The van der Waals surface area contributed by atoms with Crippen molar-refractivity contribution in [2.24, 2.45) is 0 Å². The Hall–Kier alpha value is -2.57. The molecule has 1 rings (SSSR count). The zero-order chi connectivity index (χ0) is 17.2. The van der Waals surface area contributed by atoms with Gasteiger partial charge in [-0.25, -0.2) is 4.79 Å². The number of nitrogens with one attached hydrogen (secondary N) is 3. The molecule has 0 spiro atoms. The van der Waals surface area contributed by atoms with Crippen molar-refractivity contribution >= 4 is 23.6 Å². The van der Waals surface area contributed by atoms with E-state index in [0.29, 0.717) is 17.8 Å². The summed E-state index contributed by atoms with van der Waals surface area (Å²) < 4.78 is 4.76. The van der Waals surface area contributed by atoms with Crippen LogP contribution in [-0.4, -0.2) is 37.1 Å². The van der Waals surface area contributed by atoms with Gasteiger partial charge in [0.1, 0.15) is 6.04 Å². The lowest BCUT2D eigenvalue weighted by Crippen LogP contribution is -2.44. The van der Waals surface area contributed by atoms with Gasteiger partial charge >= 0.3 is 6.09 Å². The van der Waals surface area contributed by atoms with Crippen molar-refractivity contribution in [2.45, 2.75) is 33.2 Å². The largest absolute Gasteiger partial charge is 0.450 e. The van der Waals surface area contributed by atoms with E-state index in [0.717, 1.165) is 6.42 Å². The van der Waals surface area contributed by atoms with Crippen LogP contribution >= 0.6 is 0 Å². The van der Waals surface area contributed by atoms with Crippen molar-refractivity contribution in [1.29, 1.82) is 0 Å². The highest BCUT2D eigenvalue weighted by Crippen LogP contribution is 2.10. The van der Waals surface area contributed by atoms with E-state index in [4.69, 9.17) is 4.74 Å². The maximum absolute atomic E-state index is 12.1. The first-order valence-electron chi connectivity index (χ1n) is 7.60. The highest BCUT2D eigenvalue weighted by atomic mass is 16.5. The zero-order valence-electron chi connectivity index (χ0n) is 13.6. The summed E-state index contributed by atoms with van der Waals surface area (Å²) in [7, 11) is 0. The Morgan fingerprint density at radius 3 is 2.35 bits per heavy atom. The molecule has 0 radical (unpaired) electrons. The van der Waals surface area contributed by atoms with Crippen LogP contribution in [0.4, 0.5) is 10.5 Å². The molecule has 0 saturated heterocycles. The third kappa shape index (κ3) is 6.37. The second-order valence-corrected chi connectivity index (χ2v) is 4.91. The molecule has 0 heterocycles. The molecule has 1 aromatic carbocycles. The predicted octanol–water partition coefficient (Wildman–Crippen LogP) is 1.90. The molecule has 3 amide bonds. The molecule has 7 nitrogen and oxygen atoms in total. The molecule has 3 N–H and O–H groups in total. The second kappa shape index (κ2) is 9.45. The average molecular weight is 321 g/mol. The normalized spacial score (nSPS) is 11.3. The summed E-state index contributed by atoms with van der Waals surface area (Å²) in [5.74, 6) is -0.576. The number of rotatable bonds is 7. The smallest absolute Gasteiger partial charge is 0.411 e. The summed E-state index contributed by atoms with van der Waals surface area (Å²) in [4.78, 5) is 35.1. The average Bonchev–Trinajstić information content (AvgIpc) is 2.53. The van der Waals surface area contributed by atoms with E-state index in [1.54, 1.807) is 38.1 Å². The van der Waals surface area contributed by atoms with Crippen LogP contribution < -0.4 is 16.0 Å². The van der Waals surface area contributed by atoms with Crippen molar-refractivity contribution in [3.63, 3.8) is 0 Å². The van der Waals surface area contributed by atoms with Crippen LogP contribution in [0.2, 0.25) is 0 Å². The number of hydrogen-bond donors (Lipinski definition) is 3. The fraction of sp³-hybridized carbons (Fsp3) is 0.438. The lowest BCUT2D eigenvalue weighted by molar-refractivity contribution is -0.122. The first kappa shape index (κ1) is 18.5. The Balaban J connectivity index is 2.56. The standard InChI is InChI=1S/C16H23N3O4/c1-4-10-17-14(20)11(3)18-15(21)12-6-8-13(9-7-12)19-16(22)23-5-2/h6-9,11H,4-5,10H2,1-3H3,(H,17,20)(H,18,21)(H,19,22)/t11-/m0/s1. The fourth-order valence-corrected chi connectivity index (χ4v) is 1.74. The van der Waals surface area contributed by atoms with Gasteiger partial charge in [-0.05, 0) is 44.5 Å². The van der Waals surface area contributed by atoms with E-state index in [1.807, 2.05) is 6.92 Å². The van der Waals surface area contributed by atoms with E-state index < -0.39 is 12.1 Å². The van der Waals surface area contributed by atoms with E-state index >= 15 is 0 Å². The molecule has 0 bridgehead atoms. The monoisotopic (exact) mass is 321 g/mol. The summed E-state index contributed by atoms with van der Waals surface area (Å²) in [6.07, 6.45) is 0.285. The van der Waals surface area contributed by atoms with Gasteiger partial charge < -0.3 is 15.4 Å². The topological polar surface area (TPSA) is 96.5 Å². The molecule has 7 heteroatoms. The number of benzene rings is 1. The Kier molecular flexibility index (Phi) is 7.59. The van der Waals surface area contributed by atoms with Gasteiger partial charge in [-0.2, -0.15) is 0 Å². The number of carbonyl (C=O) groups excluding carboxylic acids is 3. The van der Waals surface area contributed by atoms with Crippen LogP contribution in [0, 0.1) is 0 Å². The molecule has 0 aliphatic carbocycles. The number of anilines is 1. The molecule has 0 aliphatic heterocycles. The molecule has 126 valence electrons. The van der Waals surface area contributed by atoms with Crippen LogP contribution in [0.25, 0.3) is 0 Å². The van der Waals surface area contributed by atoms with Gasteiger partial charge in [0.05, 0.1) is 6.61 Å². The van der Waals surface area contributed by atoms with E-state index in [1.165, 1.54) is 0 Å². The third-order valence-corrected chi connectivity index (χ3v) is 2.96. The second-order valence-electron chi connectivity index (χ2n) is 4.91. The maximum Gasteiger partial charge on any atom is 0.411 e. The lowest BCUT2D eigenvalue weighted by atomic mass is 10.2. The van der Waals surface area contributed by atoms with Crippen molar-refractivity contribution in [1.82, 2.24) is 10.6 Å². The maximum atomic E-state index is 12.1. The molecular weight excluding hydrogens is 298 g/mol. The molecule has 1 atom stereocenters. The van der Waals surface area contributed by atoms with E-state index in [-0.39, 0.29) is 18.4 Å².